The molecule has 0 N–H and O–H groups in total. The molecule has 0 amide bonds. The van der Waals surface area contributed by atoms with E-state index in [-0.39, 0.29) is 0 Å². The molecule has 4 nitrogen and oxygen atoms in total. The second kappa shape index (κ2) is 6.97. The molecule has 3 aromatic rings. The van der Waals surface area contributed by atoms with Crippen molar-refractivity contribution in [2.75, 3.05) is 32.8 Å². The largest absolute Gasteiger partial charge is 0.379 e. The molecule has 2 aromatic heterocycles. The minimum Gasteiger partial charge on any atom is -0.379 e. The lowest BCUT2D eigenvalue weighted by molar-refractivity contribution is 0.0384. The van der Waals surface area contributed by atoms with Crippen molar-refractivity contribution in [3.63, 3.8) is 0 Å². The number of rotatable bonds is 4. The SMILES string of the molecule is Cc1nc(CCN2CCOCC2)c2cc(-c3ccccc3)sc2n1. The van der Waals surface area contributed by atoms with Gasteiger partial charge in [-0.3, -0.25) is 4.90 Å². The topological polar surface area (TPSA) is 38.2 Å². The highest BCUT2D eigenvalue weighted by Gasteiger charge is 2.14. The van der Waals surface area contributed by atoms with Crippen molar-refractivity contribution in [2.24, 2.45) is 0 Å². The average molecular weight is 339 g/mol. The van der Waals surface area contributed by atoms with E-state index in [0.29, 0.717) is 0 Å². The van der Waals surface area contributed by atoms with Gasteiger partial charge >= 0.3 is 0 Å². The molecule has 0 radical (unpaired) electrons. The molecule has 1 saturated heterocycles. The first-order valence-electron chi connectivity index (χ1n) is 8.42. The van der Waals surface area contributed by atoms with Gasteiger partial charge < -0.3 is 4.74 Å². The molecule has 0 atom stereocenters. The van der Waals surface area contributed by atoms with Crippen molar-refractivity contribution >= 4 is 21.6 Å². The van der Waals surface area contributed by atoms with Crippen molar-refractivity contribution in [3.8, 4) is 10.4 Å². The van der Waals surface area contributed by atoms with E-state index in [2.05, 4.69) is 46.3 Å². The minimum absolute atomic E-state index is 0.842. The Morgan fingerprint density at radius 3 is 2.71 bits per heavy atom. The summed E-state index contributed by atoms with van der Waals surface area (Å²) in [5.41, 5.74) is 2.42. The number of aryl methyl sites for hydroxylation is 1. The molecule has 1 aliphatic rings. The number of hydrogen-bond acceptors (Lipinski definition) is 5. The molecule has 5 heteroatoms. The van der Waals surface area contributed by atoms with Gasteiger partial charge in [0.1, 0.15) is 10.7 Å². The Labute approximate surface area is 146 Å². The Balaban J connectivity index is 1.63. The van der Waals surface area contributed by atoms with Crippen LogP contribution in [-0.4, -0.2) is 47.7 Å². The van der Waals surface area contributed by atoms with E-state index < -0.39 is 0 Å². The lowest BCUT2D eigenvalue weighted by Crippen LogP contribution is -2.37. The van der Waals surface area contributed by atoms with Crippen molar-refractivity contribution < 1.29 is 4.74 Å². The number of fused-ring (bicyclic) bond motifs is 1. The zero-order valence-corrected chi connectivity index (χ0v) is 14.7. The summed E-state index contributed by atoms with van der Waals surface area (Å²) in [6.45, 7) is 6.74. The lowest BCUT2D eigenvalue weighted by Gasteiger charge is -2.26. The Bertz CT molecular complexity index is 825. The van der Waals surface area contributed by atoms with E-state index in [9.17, 15) is 0 Å². The number of thiophene rings is 1. The molecular weight excluding hydrogens is 318 g/mol. The van der Waals surface area contributed by atoms with Gasteiger partial charge in [0.25, 0.3) is 0 Å². The fourth-order valence-electron chi connectivity index (χ4n) is 3.12. The first kappa shape index (κ1) is 15.7. The van der Waals surface area contributed by atoms with Gasteiger partial charge in [0.15, 0.2) is 0 Å². The molecule has 0 saturated carbocycles. The van der Waals surface area contributed by atoms with Gasteiger partial charge in [-0.2, -0.15) is 0 Å². The molecule has 0 aliphatic carbocycles. The number of aromatic nitrogens is 2. The number of nitrogens with zero attached hydrogens (tertiary/aromatic N) is 3. The third-order valence-electron chi connectivity index (χ3n) is 4.41. The van der Waals surface area contributed by atoms with Gasteiger partial charge in [-0.05, 0) is 18.6 Å². The van der Waals surface area contributed by atoms with E-state index in [1.54, 1.807) is 11.3 Å². The van der Waals surface area contributed by atoms with Crippen LogP contribution in [-0.2, 0) is 11.2 Å². The van der Waals surface area contributed by atoms with Gasteiger partial charge in [0.2, 0.25) is 0 Å². The third kappa shape index (κ3) is 3.34. The summed E-state index contributed by atoms with van der Waals surface area (Å²) in [4.78, 5) is 14.2. The Hall–Kier alpha value is -1.82. The van der Waals surface area contributed by atoms with Crippen molar-refractivity contribution in [1.29, 1.82) is 0 Å². The highest BCUT2D eigenvalue weighted by molar-refractivity contribution is 7.21. The zero-order chi connectivity index (χ0) is 16.4. The van der Waals surface area contributed by atoms with Crippen molar-refractivity contribution in [3.05, 3.63) is 47.9 Å². The predicted octanol–water partition coefficient (Wildman–Crippen LogP) is 3.54. The Morgan fingerprint density at radius 2 is 1.92 bits per heavy atom. The second-order valence-electron chi connectivity index (χ2n) is 6.12. The van der Waals surface area contributed by atoms with Gasteiger partial charge in [0.05, 0.1) is 18.9 Å². The van der Waals surface area contributed by atoms with Crippen molar-refractivity contribution in [2.45, 2.75) is 13.3 Å². The van der Waals surface area contributed by atoms with E-state index in [0.717, 1.165) is 49.9 Å². The van der Waals surface area contributed by atoms with Gasteiger partial charge in [-0.15, -0.1) is 11.3 Å². The van der Waals surface area contributed by atoms with Crippen LogP contribution in [0.4, 0.5) is 0 Å². The predicted molar refractivity (Wildman–Crippen MR) is 98.6 cm³/mol. The molecule has 1 aliphatic heterocycles. The first-order valence-corrected chi connectivity index (χ1v) is 9.24. The number of hydrogen-bond donors (Lipinski definition) is 0. The van der Waals surface area contributed by atoms with Crippen LogP contribution in [0.2, 0.25) is 0 Å². The number of benzene rings is 1. The third-order valence-corrected chi connectivity index (χ3v) is 5.49. The summed E-state index contributed by atoms with van der Waals surface area (Å²) in [5.74, 6) is 0.862. The maximum absolute atomic E-state index is 5.43. The highest BCUT2D eigenvalue weighted by Crippen LogP contribution is 2.33. The van der Waals surface area contributed by atoms with Crippen LogP contribution in [0, 0.1) is 6.92 Å². The Kier molecular flexibility index (Phi) is 4.56. The number of ether oxygens (including phenoxy) is 1. The van der Waals surface area contributed by atoms with E-state index in [1.807, 2.05) is 6.92 Å². The zero-order valence-electron chi connectivity index (χ0n) is 13.9. The van der Waals surface area contributed by atoms with Gasteiger partial charge in [-0.25, -0.2) is 9.97 Å². The fourth-order valence-corrected chi connectivity index (χ4v) is 4.23. The van der Waals surface area contributed by atoms with Crippen LogP contribution in [0.1, 0.15) is 11.5 Å². The molecule has 1 aromatic carbocycles. The summed E-state index contributed by atoms with van der Waals surface area (Å²) in [6, 6.07) is 12.8. The number of morpholine rings is 1. The molecule has 4 rings (SSSR count). The van der Waals surface area contributed by atoms with Crippen LogP contribution >= 0.6 is 11.3 Å². The quantitative estimate of drug-likeness (QED) is 0.729. The lowest BCUT2D eigenvalue weighted by atomic mass is 10.1. The van der Waals surface area contributed by atoms with Crippen LogP contribution in [0.5, 0.6) is 0 Å². The fraction of sp³-hybridized carbons (Fsp3) is 0.368. The molecule has 0 unspecified atom stereocenters. The summed E-state index contributed by atoms with van der Waals surface area (Å²) in [6.07, 6.45) is 0.963. The summed E-state index contributed by atoms with van der Waals surface area (Å²) in [7, 11) is 0. The minimum atomic E-state index is 0.842. The Morgan fingerprint density at radius 1 is 1.12 bits per heavy atom. The van der Waals surface area contributed by atoms with Crippen LogP contribution < -0.4 is 0 Å². The van der Waals surface area contributed by atoms with E-state index >= 15 is 0 Å². The van der Waals surface area contributed by atoms with E-state index in [1.165, 1.54) is 21.5 Å². The molecule has 0 bridgehead atoms. The van der Waals surface area contributed by atoms with Crippen molar-refractivity contribution in [1.82, 2.24) is 14.9 Å². The maximum atomic E-state index is 5.43. The maximum Gasteiger partial charge on any atom is 0.127 e. The summed E-state index contributed by atoms with van der Waals surface area (Å²) >= 11 is 1.76. The molecule has 124 valence electrons. The van der Waals surface area contributed by atoms with Gasteiger partial charge in [-0.1, -0.05) is 30.3 Å². The second-order valence-corrected chi connectivity index (χ2v) is 7.15. The average Bonchev–Trinajstić information content (AvgIpc) is 3.05. The van der Waals surface area contributed by atoms with Crippen LogP contribution in [0.25, 0.3) is 20.7 Å². The normalized spacial score (nSPS) is 15.9. The molecule has 1 fully saturated rings. The molecule has 3 heterocycles. The summed E-state index contributed by atoms with van der Waals surface area (Å²) < 4.78 is 5.43. The standard InChI is InChI=1S/C19H21N3OS/c1-14-20-17(7-8-22-9-11-23-12-10-22)16-13-18(24-19(16)21-14)15-5-3-2-4-6-15/h2-6,13H,7-12H2,1H3. The van der Waals surface area contributed by atoms with Gasteiger partial charge in [0, 0.05) is 36.3 Å². The van der Waals surface area contributed by atoms with Crippen LogP contribution in [0.3, 0.4) is 0 Å². The molecule has 0 spiro atoms. The monoisotopic (exact) mass is 339 g/mol. The smallest absolute Gasteiger partial charge is 0.127 e. The summed E-state index contributed by atoms with van der Waals surface area (Å²) in [5, 5.41) is 1.21. The molecular formula is C19H21N3OS. The molecule has 24 heavy (non-hydrogen) atoms. The van der Waals surface area contributed by atoms with Crippen LogP contribution in [0.15, 0.2) is 36.4 Å². The first-order chi connectivity index (χ1) is 11.8. The highest BCUT2D eigenvalue weighted by atomic mass is 32.1. The van der Waals surface area contributed by atoms with E-state index in [4.69, 9.17) is 9.72 Å².